The molecule has 0 aromatic heterocycles. The van der Waals surface area contributed by atoms with Crippen molar-refractivity contribution >= 4 is 28.6 Å². The molecule has 7 heteroatoms. The average molecular weight is 439 g/mol. The number of ether oxygens (including phenoxy) is 2. The monoisotopic (exact) mass is 438 g/mol. The number of benzene rings is 2. The van der Waals surface area contributed by atoms with E-state index in [2.05, 4.69) is 29.4 Å². The van der Waals surface area contributed by atoms with Gasteiger partial charge in [-0.15, -0.1) is 0 Å². The number of thioether (sulfide) groups is 1. The second-order valence-corrected chi connectivity index (χ2v) is 9.63. The van der Waals surface area contributed by atoms with Gasteiger partial charge in [-0.05, 0) is 73.1 Å². The first kappa shape index (κ1) is 20.2. The fraction of sp³-hybridized carbons (Fsp3) is 0.417. The molecule has 3 aliphatic rings. The largest absolute Gasteiger partial charge is 0.490 e. The summed E-state index contributed by atoms with van der Waals surface area (Å²) >= 11 is 1.05. The Morgan fingerprint density at radius 3 is 2.58 bits per heavy atom. The topological polar surface area (TPSA) is 67.9 Å². The van der Waals surface area contributed by atoms with Gasteiger partial charge in [0.25, 0.3) is 5.24 Å². The van der Waals surface area contributed by atoms with Gasteiger partial charge >= 0.3 is 0 Å². The van der Waals surface area contributed by atoms with Crippen LogP contribution in [0.1, 0.15) is 29.5 Å². The molecule has 1 aliphatic carbocycles. The van der Waals surface area contributed by atoms with Crippen LogP contribution in [0.2, 0.25) is 0 Å². The van der Waals surface area contributed by atoms with Crippen LogP contribution in [0.3, 0.4) is 0 Å². The maximum absolute atomic E-state index is 11.7. The summed E-state index contributed by atoms with van der Waals surface area (Å²) in [5.41, 5.74) is 5.06. The Morgan fingerprint density at radius 2 is 1.87 bits per heavy atom. The van der Waals surface area contributed by atoms with Crippen molar-refractivity contribution in [1.82, 2.24) is 5.32 Å². The molecule has 0 bridgehead atoms. The van der Waals surface area contributed by atoms with Crippen LogP contribution in [0.4, 0.5) is 10.5 Å². The Bertz CT molecular complexity index is 1010. The summed E-state index contributed by atoms with van der Waals surface area (Å²) in [5.74, 6) is 1.52. The third kappa shape index (κ3) is 4.37. The molecule has 2 aromatic carbocycles. The number of amides is 2. The molecule has 2 atom stereocenters. The lowest BCUT2D eigenvalue weighted by Crippen LogP contribution is -2.41. The standard InChI is InChI=1S/C24H26N2O4S/c1-26-13-19(30-21-12-17-5-3-2-4-16(17)11-20(21)26)14-29-18-8-6-15(7-9-18)10-22-23(27)25-24(28)31-22/h6-9,11-12,19,22H,2-5,10,13-14H2,1H3,(H,25,27,28). The molecule has 2 heterocycles. The SMILES string of the molecule is CN1CC(COc2ccc(CC3SC(=O)NC3=O)cc2)Oc2cc3c(cc21)CCCC3. The van der Waals surface area contributed by atoms with E-state index in [4.69, 9.17) is 9.47 Å². The summed E-state index contributed by atoms with van der Waals surface area (Å²) in [6.07, 6.45) is 5.32. The molecule has 0 saturated carbocycles. The Hall–Kier alpha value is -2.67. The van der Waals surface area contributed by atoms with Crippen molar-refractivity contribution in [2.24, 2.45) is 0 Å². The number of hydrogen-bond acceptors (Lipinski definition) is 6. The van der Waals surface area contributed by atoms with Crippen LogP contribution in [-0.2, 0) is 24.1 Å². The molecule has 1 saturated heterocycles. The fourth-order valence-electron chi connectivity index (χ4n) is 4.50. The molecule has 2 unspecified atom stereocenters. The van der Waals surface area contributed by atoms with Gasteiger partial charge in [0.05, 0.1) is 17.5 Å². The minimum atomic E-state index is -0.351. The Morgan fingerprint density at radius 1 is 1.13 bits per heavy atom. The van der Waals surface area contributed by atoms with E-state index in [9.17, 15) is 9.59 Å². The molecule has 2 amide bonds. The smallest absolute Gasteiger partial charge is 0.286 e. The number of hydrogen-bond donors (Lipinski definition) is 1. The average Bonchev–Trinajstić information content (AvgIpc) is 3.08. The van der Waals surface area contributed by atoms with Gasteiger partial charge < -0.3 is 14.4 Å². The lowest BCUT2D eigenvalue weighted by atomic mass is 9.90. The summed E-state index contributed by atoms with van der Waals surface area (Å²) in [6.45, 7) is 1.25. The van der Waals surface area contributed by atoms with Gasteiger partial charge in [0.1, 0.15) is 24.2 Å². The van der Waals surface area contributed by atoms with Crippen LogP contribution < -0.4 is 19.7 Å². The number of likely N-dealkylation sites (N-methyl/N-ethyl adjacent to an activating group) is 1. The summed E-state index contributed by atoms with van der Waals surface area (Å²) < 4.78 is 12.3. The zero-order chi connectivity index (χ0) is 21.4. The van der Waals surface area contributed by atoms with Gasteiger partial charge in [0.2, 0.25) is 5.91 Å². The first-order valence-electron chi connectivity index (χ1n) is 10.8. The van der Waals surface area contributed by atoms with Gasteiger partial charge in [0, 0.05) is 7.05 Å². The maximum Gasteiger partial charge on any atom is 0.286 e. The number of fused-ring (bicyclic) bond motifs is 2. The van der Waals surface area contributed by atoms with Crippen molar-refractivity contribution in [3.63, 3.8) is 0 Å². The number of carbonyl (C=O) groups is 2. The highest BCUT2D eigenvalue weighted by Gasteiger charge is 2.31. The molecule has 1 N–H and O–H groups in total. The predicted octanol–water partition coefficient (Wildman–Crippen LogP) is 3.74. The number of rotatable bonds is 5. The van der Waals surface area contributed by atoms with E-state index in [1.54, 1.807) is 0 Å². The lowest BCUT2D eigenvalue weighted by molar-refractivity contribution is -0.118. The van der Waals surface area contributed by atoms with Crippen LogP contribution in [0.15, 0.2) is 36.4 Å². The molecule has 6 nitrogen and oxygen atoms in total. The highest BCUT2D eigenvalue weighted by atomic mass is 32.2. The zero-order valence-corrected chi connectivity index (χ0v) is 18.4. The van der Waals surface area contributed by atoms with E-state index in [-0.39, 0.29) is 22.5 Å². The normalized spacial score (nSPS) is 22.4. The third-order valence-electron chi connectivity index (χ3n) is 6.15. The van der Waals surface area contributed by atoms with Crippen LogP contribution >= 0.6 is 11.8 Å². The summed E-state index contributed by atoms with van der Waals surface area (Å²) in [7, 11) is 2.11. The van der Waals surface area contributed by atoms with Gasteiger partial charge in [0.15, 0.2) is 0 Å². The van der Waals surface area contributed by atoms with Gasteiger partial charge in [-0.1, -0.05) is 23.9 Å². The quantitative estimate of drug-likeness (QED) is 0.767. The molecule has 1 fully saturated rings. The first-order valence-corrected chi connectivity index (χ1v) is 11.7. The molecule has 2 aromatic rings. The van der Waals surface area contributed by atoms with Gasteiger partial charge in [-0.3, -0.25) is 14.9 Å². The molecule has 5 rings (SSSR count). The Balaban J connectivity index is 1.19. The van der Waals surface area contributed by atoms with Crippen molar-refractivity contribution in [1.29, 1.82) is 0 Å². The van der Waals surface area contributed by atoms with Gasteiger partial charge in [-0.25, -0.2) is 0 Å². The van der Waals surface area contributed by atoms with E-state index in [1.165, 1.54) is 36.1 Å². The number of carbonyl (C=O) groups excluding carboxylic acids is 2. The summed E-state index contributed by atoms with van der Waals surface area (Å²) in [5, 5.41) is 1.71. The van der Waals surface area contributed by atoms with E-state index in [1.807, 2.05) is 24.3 Å². The number of aryl methyl sites for hydroxylation is 2. The maximum atomic E-state index is 11.7. The van der Waals surface area contributed by atoms with Crippen molar-refractivity contribution in [3.05, 3.63) is 53.1 Å². The molecule has 2 aliphatic heterocycles. The van der Waals surface area contributed by atoms with Crippen molar-refractivity contribution in [3.8, 4) is 11.5 Å². The second-order valence-electron chi connectivity index (χ2n) is 8.46. The number of nitrogens with one attached hydrogen (secondary N) is 1. The summed E-state index contributed by atoms with van der Waals surface area (Å²) in [4.78, 5) is 25.3. The zero-order valence-electron chi connectivity index (χ0n) is 17.6. The minimum absolute atomic E-state index is 0.0385. The van der Waals surface area contributed by atoms with Crippen molar-refractivity contribution < 1.29 is 19.1 Å². The van der Waals surface area contributed by atoms with Crippen molar-refractivity contribution in [2.75, 3.05) is 25.1 Å². The number of anilines is 1. The molecular weight excluding hydrogens is 412 g/mol. The van der Waals surface area contributed by atoms with Gasteiger partial charge in [-0.2, -0.15) is 0 Å². The molecule has 0 spiro atoms. The first-order chi connectivity index (χ1) is 15.0. The fourth-order valence-corrected chi connectivity index (χ4v) is 5.36. The molecule has 162 valence electrons. The Kier molecular flexibility index (Phi) is 5.52. The van der Waals surface area contributed by atoms with Crippen LogP contribution in [0.5, 0.6) is 11.5 Å². The highest BCUT2D eigenvalue weighted by Crippen LogP contribution is 2.37. The van der Waals surface area contributed by atoms with E-state index < -0.39 is 0 Å². The lowest BCUT2D eigenvalue weighted by Gasteiger charge is -2.35. The minimum Gasteiger partial charge on any atom is -0.490 e. The molecule has 31 heavy (non-hydrogen) atoms. The second kappa shape index (κ2) is 8.46. The van der Waals surface area contributed by atoms with Crippen molar-refractivity contribution in [2.45, 2.75) is 43.5 Å². The van der Waals surface area contributed by atoms with E-state index >= 15 is 0 Å². The van der Waals surface area contributed by atoms with E-state index in [0.29, 0.717) is 13.0 Å². The summed E-state index contributed by atoms with van der Waals surface area (Å²) in [6, 6.07) is 12.2. The van der Waals surface area contributed by atoms with E-state index in [0.717, 1.165) is 41.8 Å². The van der Waals surface area contributed by atoms with Crippen LogP contribution in [0.25, 0.3) is 0 Å². The number of imide groups is 1. The Labute approximate surface area is 186 Å². The molecular formula is C24H26N2O4S. The van der Waals surface area contributed by atoms with Crippen LogP contribution in [0, 0.1) is 0 Å². The predicted molar refractivity (Wildman–Crippen MR) is 121 cm³/mol. The third-order valence-corrected chi connectivity index (χ3v) is 7.13. The van der Waals surface area contributed by atoms with Crippen LogP contribution in [-0.4, -0.2) is 42.7 Å². The number of nitrogens with zero attached hydrogens (tertiary/aromatic N) is 1. The highest BCUT2D eigenvalue weighted by molar-refractivity contribution is 8.15. The molecule has 0 radical (unpaired) electrons.